The molecule has 7 atom stereocenters. The van der Waals surface area contributed by atoms with Crippen LogP contribution in [0.5, 0.6) is 0 Å². The van der Waals surface area contributed by atoms with E-state index in [0.717, 1.165) is 0 Å². The fourth-order valence-electron chi connectivity index (χ4n) is 3.11. The number of ether oxygens (including phenoxy) is 1. The molecule has 2 aromatic rings. The summed E-state index contributed by atoms with van der Waals surface area (Å²) in [6.07, 6.45) is -5.03. The number of aliphatic hydroxyl groups excluding tert-OH is 2. The van der Waals surface area contributed by atoms with E-state index in [0.29, 0.717) is 5.56 Å². The van der Waals surface area contributed by atoms with Crippen LogP contribution < -0.4 is 21.1 Å². The summed E-state index contributed by atoms with van der Waals surface area (Å²) in [7, 11) is -17.4. The Bertz CT molecular complexity index is 1250. The second kappa shape index (κ2) is 8.94. The van der Waals surface area contributed by atoms with Crippen molar-refractivity contribution in [2.75, 3.05) is 12.3 Å². The first-order valence-electron chi connectivity index (χ1n) is 8.63. The first kappa shape index (κ1) is 26.1. The van der Waals surface area contributed by atoms with E-state index in [9.17, 15) is 38.5 Å². The Morgan fingerprint density at radius 3 is 2.48 bits per heavy atom. The molecule has 0 amide bonds. The Morgan fingerprint density at radius 2 is 1.88 bits per heavy atom. The molecule has 0 bridgehead atoms. The van der Waals surface area contributed by atoms with Gasteiger partial charge >= 0.3 is 7.82 Å². The van der Waals surface area contributed by atoms with E-state index in [1.54, 1.807) is 6.92 Å². The molecule has 0 spiro atoms. The van der Waals surface area contributed by atoms with Crippen LogP contribution >= 0.6 is 23.5 Å². The third-order valence-electron chi connectivity index (χ3n) is 4.31. The summed E-state index contributed by atoms with van der Waals surface area (Å²) in [5.41, 5.74) is 5.37. The summed E-state index contributed by atoms with van der Waals surface area (Å²) in [4.78, 5) is 58.0. The molecule has 1 aliphatic heterocycles. The molecule has 18 nitrogen and oxygen atoms in total. The van der Waals surface area contributed by atoms with Crippen molar-refractivity contribution in [1.82, 2.24) is 14.5 Å². The number of phosphoric ester groups is 1. The van der Waals surface area contributed by atoms with Crippen molar-refractivity contribution < 1.29 is 61.4 Å². The molecule has 21 heteroatoms. The molecule has 1 fully saturated rings. The van der Waals surface area contributed by atoms with Gasteiger partial charge in [-0.25, -0.2) is 13.2 Å². The molecular weight excluding hydrogens is 517 g/mol. The SMILES string of the molecule is Cc1cn(C2OC(COP(=O)([O-])OP(=O)(O)OP(=O)([O-])O)C(O)C2O)c2nc(N)[nH]c(=O)c12. The summed E-state index contributed by atoms with van der Waals surface area (Å²) >= 11 is 0. The van der Waals surface area contributed by atoms with Crippen LogP contribution in [0.2, 0.25) is 0 Å². The zero-order chi connectivity index (χ0) is 24.9. The van der Waals surface area contributed by atoms with Gasteiger partial charge < -0.3 is 49.3 Å². The van der Waals surface area contributed by atoms with Gasteiger partial charge in [0.2, 0.25) is 5.95 Å². The van der Waals surface area contributed by atoms with Crippen molar-refractivity contribution in [1.29, 1.82) is 0 Å². The number of aromatic nitrogens is 3. The lowest BCUT2D eigenvalue weighted by molar-refractivity contribution is -0.222. The first-order valence-corrected chi connectivity index (χ1v) is 13.1. The highest BCUT2D eigenvalue weighted by atomic mass is 31.3. The van der Waals surface area contributed by atoms with Crippen molar-refractivity contribution in [2.24, 2.45) is 0 Å². The second-order valence-electron chi connectivity index (χ2n) is 6.76. The van der Waals surface area contributed by atoms with Crippen LogP contribution in [0.4, 0.5) is 5.95 Å². The number of aliphatic hydroxyl groups is 2. The van der Waals surface area contributed by atoms with Crippen LogP contribution in [0.15, 0.2) is 11.0 Å². The van der Waals surface area contributed by atoms with E-state index < -0.39 is 60.2 Å². The maximum Gasteiger partial charge on any atom is 0.485 e. The van der Waals surface area contributed by atoms with Crippen molar-refractivity contribution in [3.8, 4) is 0 Å². The minimum absolute atomic E-state index is 0.00573. The summed E-state index contributed by atoms with van der Waals surface area (Å²) in [5.74, 6) is -0.245. The zero-order valence-corrected chi connectivity index (χ0v) is 19.0. The molecule has 3 rings (SSSR count). The molecule has 33 heavy (non-hydrogen) atoms. The molecule has 0 aliphatic carbocycles. The molecule has 7 N–H and O–H groups in total. The molecule has 1 aliphatic rings. The van der Waals surface area contributed by atoms with Gasteiger partial charge in [0.25, 0.3) is 21.2 Å². The van der Waals surface area contributed by atoms with E-state index in [2.05, 4.69) is 23.1 Å². The lowest BCUT2D eigenvalue weighted by Crippen LogP contribution is -2.34. The molecule has 7 unspecified atom stereocenters. The van der Waals surface area contributed by atoms with Crippen LogP contribution in [0, 0.1) is 6.92 Å². The van der Waals surface area contributed by atoms with Gasteiger partial charge in [-0.3, -0.25) is 18.9 Å². The van der Waals surface area contributed by atoms with E-state index in [-0.39, 0.29) is 17.0 Å². The number of nitrogen functional groups attached to an aromatic ring is 1. The number of hydrogen-bond acceptors (Lipinski definition) is 14. The van der Waals surface area contributed by atoms with Crippen LogP contribution in [0.1, 0.15) is 11.8 Å². The molecule has 0 aromatic carbocycles. The highest BCUT2D eigenvalue weighted by Gasteiger charge is 2.45. The Labute approximate surface area is 183 Å². The van der Waals surface area contributed by atoms with Gasteiger partial charge in [0.1, 0.15) is 18.3 Å². The van der Waals surface area contributed by atoms with Gasteiger partial charge in [0.05, 0.1) is 12.0 Å². The topological polar surface area (TPSA) is 292 Å². The predicted octanol–water partition coefficient (Wildman–Crippen LogP) is -2.69. The average Bonchev–Trinajstić information content (AvgIpc) is 3.07. The summed E-state index contributed by atoms with van der Waals surface area (Å²) in [5, 5.41) is 20.7. The van der Waals surface area contributed by atoms with E-state index in [1.165, 1.54) is 10.8 Å². The number of aryl methyl sites for hydroxylation is 1. The number of anilines is 1. The fourth-order valence-corrected chi connectivity index (χ4v) is 6.07. The van der Waals surface area contributed by atoms with Crippen molar-refractivity contribution >= 4 is 40.4 Å². The third-order valence-corrected chi connectivity index (χ3v) is 8.05. The maximum atomic E-state index is 12.1. The summed E-state index contributed by atoms with van der Waals surface area (Å²) in [6, 6.07) is 0. The number of nitrogens with one attached hydrogen (secondary N) is 1. The number of fused-ring (bicyclic) bond motifs is 1. The van der Waals surface area contributed by atoms with Crippen LogP contribution in [-0.2, 0) is 31.6 Å². The van der Waals surface area contributed by atoms with Crippen LogP contribution in [-0.4, -0.2) is 59.5 Å². The Kier molecular flexibility index (Phi) is 7.08. The monoisotopic (exact) mass is 534 g/mol. The molecule has 1 saturated heterocycles. The second-order valence-corrected chi connectivity index (χ2v) is 11.1. The molecule has 0 radical (unpaired) electrons. The lowest BCUT2D eigenvalue weighted by atomic mass is 10.1. The normalized spacial score (nSPS) is 28.9. The van der Waals surface area contributed by atoms with Crippen molar-refractivity contribution in [3.05, 3.63) is 22.1 Å². The number of H-pyrrole nitrogens is 1. The molecule has 3 heterocycles. The standard InChI is InChI=1S/C12H19N4O14P3/c1-4-2-16(9-6(4)10(19)15-12(13)14-9)11-8(18)7(17)5(28-11)3-27-32(23,24)30-33(25,26)29-31(20,21)22/h2,5,7-8,11,17-18H,3H2,1H3,(H,23,24)(H,25,26)(H2,20,21,22)(H3,13,14,15,19)/p-2. The zero-order valence-electron chi connectivity index (χ0n) is 16.3. The summed E-state index contributed by atoms with van der Waals surface area (Å²) < 4.78 is 51.2. The minimum Gasteiger partial charge on any atom is -0.756 e. The van der Waals surface area contributed by atoms with Gasteiger partial charge in [0, 0.05) is 6.20 Å². The third kappa shape index (κ3) is 5.96. The molecular formula is C12H17N4O14P3-2. The van der Waals surface area contributed by atoms with Gasteiger partial charge in [-0.1, -0.05) is 0 Å². The largest absolute Gasteiger partial charge is 0.756 e. The van der Waals surface area contributed by atoms with Crippen molar-refractivity contribution in [3.63, 3.8) is 0 Å². The fraction of sp³-hybridized carbons (Fsp3) is 0.500. The number of hydrogen-bond donors (Lipinski definition) is 6. The highest BCUT2D eigenvalue weighted by Crippen LogP contribution is 2.64. The number of rotatable bonds is 8. The highest BCUT2D eigenvalue weighted by molar-refractivity contribution is 7.65. The number of nitrogens with two attached hydrogens (primary N) is 1. The van der Waals surface area contributed by atoms with Gasteiger partial charge in [-0.05, 0) is 12.5 Å². The van der Waals surface area contributed by atoms with Gasteiger partial charge in [0.15, 0.2) is 11.9 Å². The van der Waals surface area contributed by atoms with E-state index >= 15 is 0 Å². The molecule has 0 saturated carbocycles. The Balaban J connectivity index is 1.76. The Morgan fingerprint density at radius 1 is 1.24 bits per heavy atom. The van der Waals surface area contributed by atoms with Crippen molar-refractivity contribution in [2.45, 2.75) is 31.5 Å². The number of phosphoric acid groups is 3. The minimum atomic E-state index is -5.85. The first-order chi connectivity index (χ1) is 15.0. The van der Waals surface area contributed by atoms with Crippen LogP contribution in [0.3, 0.4) is 0 Å². The number of aromatic amines is 1. The lowest BCUT2D eigenvalue weighted by Gasteiger charge is -2.27. The number of nitrogens with zero attached hydrogens (tertiary/aromatic N) is 2. The smallest absolute Gasteiger partial charge is 0.485 e. The summed E-state index contributed by atoms with van der Waals surface area (Å²) in [6.45, 7) is 0.482. The predicted molar refractivity (Wildman–Crippen MR) is 101 cm³/mol. The Hall–Kier alpha value is -1.49. The molecule has 2 aromatic heterocycles. The van der Waals surface area contributed by atoms with E-state index in [1.807, 2.05) is 0 Å². The van der Waals surface area contributed by atoms with Crippen LogP contribution in [0.25, 0.3) is 11.0 Å². The van der Waals surface area contributed by atoms with Gasteiger partial charge in [-0.15, -0.1) is 0 Å². The average molecular weight is 534 g/mol. The van der Waals surface area contributed by atoms with Gasteiger partial charge in [-0.2, -0.15) is 4.98 Å². The quantitative estimate of drug-likeness (QED) is 0.188. The maximum absolute atomic E-state index is 12.1. The molecule has 186 valence electrons. The van der Waals surface area contributed by atoms with E-state index in [4.69, 9.17) is 20.3 Å².